The predicted octanol–water partition coefficient (Wildman–Crippen LogP) is 3.37. The summed E-state index contributed by atoms with van der Waals surface area (Å²) in [4.78, 5) is 16.9. The van der Waals surface area contributed by atoms with E-state index >= 15 is 0 Å². The van der Waals surface area contributed by atoms with Gasteiger partial charge in [0.05, 0.1) is 18.4 Å². The molecular formula is C17H17NO4. The van der Waals surface area contributed by atoms with Gasteiger partial charge in [0.1, 0.15) is 11.5 Å². The number of rotatable bonds is 5. The van der Waals surface area contributed by atoms with Gasteiger partial charge in [-0.25, -0.2) is 4.79 Å². The molecule has 114 valence electrons. The minimum absolute atomic E-state index is 0.101. The second kappa shape index (κ2) is 7.26. The second-order valence-electron chi connectivity index (χ2n) is 4.52. The molecule has 5 nitrogen and oxygen atoms in total. The number of phenolic OH excluding ortho intramolecular Hbond substituents is 1. The van der Waals surface area contributed by atoms with E-state index in [0.29, 0.717) is 29.0 Å². The van der Waals surface area contributed by atoms with Gasteiger partial charge in [-0.2, -0.15) is 0 Å². The Bertz CT molecular complexity index is 677. The summed E-state index contributed by atoms with van der Waals surface area (Å²) in [6, 6.07) is 13.3. The van der Waals surface area contributed by atoms with Crippen molar-refractivity contribution in [1.29, 1.82) is 0 Å². The highest BCUT2D eigenvalue weighted by molar-refractivity contribution is 6.02. The molecule has 22 heavy (non-hydrogen) atoms. The lowest BCUT2D eigenvalue weighted by Gasteiger charge is -2.06. The van der Waals surface area contributed by atoms with Crippen LogP contribution >= 0.6 is 0 Å². The number of carbonyl (C=O) groups excluding carboxylic acids is 1. The molecule has 2 aromatic rings. The van der Waals surface area contributed by atoms with Crippen LogP contribution in [0.25, 0.3) is 0 Å². The Morgan fingerprint density at radius 1 is 1.14 bits per heavy atom. The summed E-state index contributed by atoms with van der Waals surface area (Å²) in [7, 11) is 1.55. The molecule has 0 saturated heterocycles. The zero-order valence-electron chi connectivity index (χ0n) is 12.4. The van der Waals surface area contributed by atoms with E-state index in [4.69, 9.17) is 9.57 Å². The van der Waals surface area contributed by atoms with Crippen LogP contribution in [-0.4, -0.2) is 23.9 Å². The fraction of sp³-hybridized carbons (Fsp3) is 0.176. The molecule has 0 bridgehead atoms. The fourth-order valence-electron chi connectivity index (χ4n) is 1.90. The van der Waals surface area contributed by atoms with E-state index < -0.39 is 5.97 Å². The summed E-state index contributed by atoms with van der Waals surface area (Å²) in [5.41, 5.74) is 1.42. The van der Waals surface area contributed by atoms with Crippen LogP contribution in [0.1, 0.15) is 29.3 Å². The highest BCUT2D eigenvalue weighted by Gasteiger charge is 2.11. The molecule has 0 fully saturated rings. The lowest BCUT2D eigenvalue weighted by Crippen LogP contribution is -2.06. The van der Waals surface area contributed by atoms with Crippen molar-refractivity contribution in [3.05, 3.63) is 59.7 Å². The highest BCUT2D eigenvalue weighted by Crippen LogP contribution is 2.18. The summed E-state index contributed by atoms with van der Waals surface area (Å²) in [6.45, 7) is 1.87. The molecule has 2 aromatic carbocycles. The van der Waals surface area contributed by atoms with E-state index in [1.807, 2.05) is 6.92 Å². The molecule has 0 aromatic heterocycles. The van der Waals surface area contributed by atoms with Gasteiger partial charge in [0, 0.05) is 5.56 Å². The van der Waals surface area contributed by atoms with E-state index in [1.165, 1.54) is 0 Å². The Hall–Kier alpha value is -2.82. The Morgan fingerprint density at radius 2 is 1.82 bits per heavy atom. The largest absolute Gasteiger partial charge is 0.507 e. The molecule has 0 spiro atoms. The van der Waals surface area contributed by atoms with Crippen molar-refractivity contribution in [3.63, 3.8) is 0 Å². The summed E-state index contributed by atoms with van der Waals surface area (Å²) < 4.78 is 5.03. The Labute approximate surface area is 128 Å². The topological polar surface area (TPSA) is 68.1 Å². The molecule has 0 amide bonds. The van der Waals surface area contributed by atoms with Crippen LogP contribution in [0.3, 0.4) is 0 Å². The fourth-order valence-corrected chi connectivity index (χ4v) is 1.90. The third-order valence-corrected chi connectivity index (χ3v) is 3.11. The number of methoxy groups -OCH3 is 1. The van der Waals surface area contributed by atoms with Gasteiger partial charge in [0.25, 0.3) is 0 Å². The molecule has 0 unspecified atom stereocenters. The molecule has 0 aliphatic rings. The number of hydrogen-bond donors (Lipinski definition) is 1. The standard InChI is InChI=1S/C17H17NO4/c1-3-15(14-6-4-5-7-16(14)19)18-22-17(20)12-8-10-13(21-2)11-9-12/h4-11,19H,3H2,1-2H3/b18-15+. The van der Waals surface area contributed by atoms with Crippen molar-refractivity contribution >= 4 is 11.7 Å². The molecule has 0 radical (unpaired) electrons. The zero-order chi connectivity index (χ0) is 15.9. The first-order valence-corrected chi connectivity index (χ1v) is 6.86. The third kappa shape index (κ3) is 3.63. The van der Waals surface area contributed by atoms with Gasteiger partial charge in [0.15, 0.2) is 0 Å². The van der Waals surface area contributed by atoms with Gasteiger partial charge in [0.2, 0.25) is 0 Å². The normalized spacial score (nSPS) is 11.1. The maximum atomic E-state index is 11.9. The first-order valence-electron chi connectivity index (χ1n) is 6.86. The predicted molar refractivity (Wildman–Crippen MR) is 83.3 cm³/mol. The van der Waals surface area contributed by atoms with E-state index in [9.17, 15) is 9.90 Å². The molecule has 1 N–H and O–H groups in total. The molecular weight excluding hydrogens is 282 g/mol. The monoisotopic (exact) mass is 299 g/mol. The maximum Gasteiger partial charge on any atom is 0.365 e. The summed E-state index contributed by atoms with van der Waals surface area (Å²) in [6.07, 6.45) is 0.521. The van der Waals surface area contributed by atoms with Gasteiger partial charge in [-0.15, -0.1) is 0 Å². The Kier molecular flexibility index (Phi) is 5.14. The average Bonchev–Trinajstić information content (AvgIpc) is 2.56. The molecule has 0 atom stereocenters. The van der Waals surface area contributed by atoms with E-state index in [-0.39, 0.29) is 5.75 Å². The first kappa shape index (κ1) is 15.6. The van der Waals surface area contributed by atoms with Crippen LogP contribution in [0.5, 0.6) is 11.5 Å². The Morgan fingerprint density at radius 3 is 2.41 bits per heavy atom. The maximum absolute atomic E-state index is 11.9. The molecule has 2 rings (SSSR count). The van der Waals surface area contributed by atoms with Gasteiger partial charge in [-0.1, -0.05) is 24.2 Å². The number of nitrogens with zero attached hydrogens (tertiary/aromatic N) is 1. The molecule has 0 aliphatic carbocycles. The van der Waals surface area contributed by atoms with E-state index in [1.54, 1.807) is 55.6 Å². The number of ether oxygens (including phenoxy) is 1. The number of aromatic hydroxyl groups is 1. The minimum atomic E-state index is -0.566. The first-order chi connectivity index (χ1) is 10.7. The lowest BCUT2D eigenvalue weighted by atomic mass is 10.1. The highest BCUT2D eigenvalue weighted by atomic mass is 16.7. The van der Waals surface area contributed by atoms with Gasteiger partial charge >= 0.3 is 5.97 Å². The van der Waals surface area contributed by atoms with Crippen LogP contribution < -0.4 is 4.74 Å². The SMILES string of the molecule is CC/C(=N\OC(=O)c1ccc(OC)cc1)c1ccccc1O. The van der Waals surface area contributed by atoms with Crippen molar-refractivity contribution in [2.75, 3.05) is 7.11 Å². The third-order valence-electron chi connectivity index (χ3n) is 3.11. The smallest absolute Gasteiger partial charge is 0.365 e. The number of carbonyl (C=O) groups is 1. The summed E-state index contributed by atoms with van der Waals surface area (Å²) in [5.74, 6) is 0.191. The van der Waals surface area contributed by atoms with Crippen LogP contribution in [0.15, 0.2) is 53.7 Å². The van der Waals surface area contributed by atoms with Crippen LogP contribution in [0, 0.1) is 0 Å². The van der Waals surface area contributed by atoms with Gasteiger partial charge in [-0.3, -0.25) is 0 Å². The van der Waals surface area contributed by atoms with Crippen LogP contribution in [0.2, 0.25) is 0 Å². The number of hydrogen-bond acceptors (Lipinski definition) is 5. The number of para-hydroxylation sites is 1. The Balaban J connectivity index is 2.14. The number of phenols is 1. The van der Waals surface area contributed by atoms with Crippen molar-refractivity contribution < 1.29 is 19.5 Å². The van der Waals surface area contributed by atoms with E-state index in [0.717, 1.165) is 0 Å². The van der Waals surface area contributed by atoms with Gasteiger partial charge < -0.3 is 14.7 Å². The van der Waals surface area contributed by atoms with Crippen LogP contribution in [-0.2, 0) is 4.84 Å². The molecule has 0 saturated carbocycles. The van der Waals surface area contributed by atoms with Crippen molar-refractivity contribution in [1.82, 2.24) is 0 Å². The molecule has 0 aliphatic heterocycles. The quantitative estimate of drug-likeness (QED) is 0.522. The van der Waals surface area contributed by atoms with Crippen molar-refractivity contribution in [2.45, 2.75) is 13.3 Å². The summed E-state index contributed by atoms with van der Waals surface area (Å²) >= 11 is 0. The number of benzene rings is 2. The summed E-state index contributed by atoms with van der Waals surface area (Å²) in [5, 5.41) is 13.7. The number of oxime groups is 1. The second-order valence-corrected chi connectivity index (χ2v) is 4.52. The van der Waals surface area contributed by atoms with Crippen LogP contribution in [0.4, 0.5) is 0 Å². The minimum Gasteiger partial charge on any atom is -0.507 e. The lowest BCUT2D eigenvalue weighted by molar-refractivity contribution is 0.0515. The van der Waals surface area contributed by atoms with Crippen molar-refractivity contribution in [3.8, 4) is 11.5 Å². The van der Waals surface area contributed by atoms with E-state index in [2.05, 4.69) is 5.16 Å². The molecule has 5 heteroatoms. The zero-order valence-corrected chi connectivity index (χ0v) is 12.4. The molecule has 0 heterocycles. The van der Waals surface area contributed by atoms with Gasteiger partial charge in [-0.05, 0) is 42.8 Å². The van der Waals surface area contributed by atoms with Crippen molar-refractivity contribution in [2.24, 2.45) is 5.16 Å². The average molecular weight is 299 g/mol.